The number of carbonyl (C=O) groups excluding carboxylic acids is 1. The minimum atomic E-state index is 0. The van der Waals surface area contributed by atoms with Gasteiger partial charge >= 0.3 is 0 Å². The molecule has 0 fully saturated rings. The second-order valence-corrected chi connectivity index (χ2v) is 4.34. The van der Waals surface area contributed by atoms with Crippen LogP contribution in [-0.4, -0.2) is 5.78 Å². The summed E-state index contributed by atoms with van der Waals surface area (Å²) in [5.41, 5.74) is 4.83. The minimum Gasteiger partial charge on any atom is -0.289 e. The molecule has 0 bridgehead atoms. The highest BCUT2D eigenvalue weighted by atomic mass is 35.5. The maximum Gasteiger partial charge on any atom is 0.194 e. The van der Waals surface area contributed by atoms with Gasteiger partial charge in [0.2, 0.25) is 0 Å². The van der Waals surface area contributed by atoms with Gasteiger partial charge in [-0.2, -0.15) is 0 Å². The summed E-state index contributed by atoms with van der Waals surface area (Å²) in [6, 6.07) is 15.8. The Balaban J connectivity index is 0.00000120. The molecule has 3 rings (SSSR count). The number of carbonyl (C=O) groups is 1. The van der Waals surface area contributed by atoms with E-state index in [0.29, 0.717) is 0 Å². The number of hydrogen-bond acceptors (Lipinski definition) is 1. The van der Waals surface area contributed by atoms with Crippen LogP contribution in [0.5, 0.6) is 0 Å². The predicted octanol–water partition coefficient (Wildman–Crippen LogP) is 4.15. The molecule has 0 saturated carbocycles. The maximum atomic E-state index is 12.2. The number of benzene rings is 2. The first-order valence-electron chi connectivity index (χ1n) is 5.68. The van der Waals surface area contributed by atoms with Crippen molar-refractivity contribution in [2.75, 3.05) is 0 Å². The Morgan fingerprint density at radius 1 is 0.889 bits per heavy atom. The van der Waals surface area contributed by atoms with Crippen molar-refractivity contribution in [1.29, 1.82) is 0 Å². The summed E-state index contributed by atoms with van der Waals surface area (Å²) >= 11 is 0. The van der Waals surface area contributed by atoms with Gasteiger partial charge in [0, 0.05) is 11.1 Å². The van der Waals surface area contributed by atoms with Crippen LogP contribution in [0.4, 0.5) is 0 Å². The summed E-state index contributed by atoms with van der Waals surface area (Å²) in [5, 5.41) is 0. The first kappa shape index (κ1) is 12.6. The van der Waals surface area contributed by atoms with Crippen molar-refractivity contribution in [2.45, 2.75) is 6.92 Å². The summed E-state index contributed by atoms with van der Waals surface area (Å²) in [6.45, 7) is 2.05. The van der Waals surface area contributed by atoms with Crippen molar-refractivity contribution in [1.82, 2.24) is 0 Å². The quantitative estimate of drug-likeness (QED) is 0.749. The fraction of sp³-hybridized carbons (Fsp3) is 0.0625. The molecule has 1 nitrogen and oxygen atoms in total. The van der Waals surface area contributed by atoms with Gasteiger partial charge in [-0.05, 0) is 24.1 Å². The van der Waals surface area contributed by atoms with Gasteiger partial charge in [0.15, 0.2) is 5.78 Å². The maximum absolute atomic E-state index is 12.2. The van der Waals surface area contributed by atoms with Crippen LogP contribution in [0.2, 0.25) is 0 Å². The zero-order valence-electron chi connectivity index (χ0n) is 10.0. The lowest BCUT2D eigenvalue weighted by Gasteiger charge is -2.01. The van der Waals surface area contributed by atoms with E-state index in [1.165, 1.54) is 5.56 Å². The highest BCUT2D eigenvalue weighted by molar-refractivity contribution is 6.37. The highest BCUT2D eigenvalue weighted by Gasteiger charge is 2.22. The largest absolute Gasteiger partial charge is 0.289 e. The Labute approximate surface area is 113 Å². The van der Waals surface area contributed by atoms with Crippen LogP contribution in [0.15, 0.2) is 48.5 Å². The zero-order chi connectivity index (χ0) is 11.8. The van der Waals surface area contributed by atoms with E-state index >= 15 is 0 Å². The van der Waals surface area contributed by atoms with E-state index in [9.17, 15) is 4.79 Å². The smallest absolute Gasteiger partial charge is 0.194 e. The second kappa shape index (κ2) is 4.79. The third-order valence-corrected chi connectivity index (χ3v) is 3.11. The molecule has 0 atom stereocenters. The Morgan fingerprint density at radius 3 is 2.22 bits per heavy atom. The van der Waals surface area contributed by atoms with Crippen molar-refractivity contribution < 1.29 is 4.79 Å². The van der Waals surface area contributed by atoms with Gasteiger partial charge in [-0.3, -0.25) is 4.79 Å². The fourth-order valence-corrected chi connectivity index (χ4v) is 2.14. The first-order valence-corrected chi connectivity index (χ1v) is 5.68. The van der Waals surface area contributed by atoms with Crippen molar-refractivity contribution >= 4 is 29.8 Å². The van der Waals surface area contributed by atoms with Gasteiger partial charge in [0.25, 0.3) is 0 Å². The number of Topliss-reactive ketones (excluding diaryl/α,β-unsaturated/α-hetero) is 1. The average Bonchev–Trinajstić information content (AvgIpc) is 2.69. The Hall–Kier alpha value is -1.86. The molecule has 0 heterocycles. The highest BCUT2D eigenvalue weighted by Crippen LogP contribution is 2.31. The predicted molar refractivity (Wildman–Crippen MR) is 77.1 cm³/mol. The Bertz CT molecular complexity index is 624. The van der Waals surface area contributed by atoms with Gasteiger partial charge in [0.1, 0.15) is 0 Å². The van der Waals surface area contributed by atoms with Gasteiger partial charge in [-0.25, -0.2) is 0 Å². The number of allylic oxidation sites excluding steroid dienone is 1. The summed E-state index contributed by atoms with van der Waals surface area (Å²) < 4.78 is 0. The summed E-state index contributed by atoms with van der Waals surface area (Å²) in [4.78, 5) is 12.2. The molecule has 1 aliphatic rings. The third-order valence-electron chi connectivity index (χ3n) is 3.11. The SMILES string of the molecule is Cc1ccc(C2=Cc3ccccc3C2=O)cc1.Cl. The lowest BCUT2D eigenvalue weighted by Crippen LogP contribution is -1.97. The van der Waals surface area contributed by atoms with Crippen molar-refractivity contribution in [2.24, 2.45) is 0 Å². The molecule has 0 spiro atoms. The van der Waals surface area contributed by atoms with Gasteiger partial charge in [-0.1, -0.05) is 54.1 Å². The average molecular weight is 257 g/mol. The molecule has 2 heteroatoms. The van der Waals surface area contributed by atoms with Crippen LogP contribution in [0.3, 0.4) is 0 Å². The van der Waals surface area contributed by atoms with E-state index in [2.05, 4.69) is 0 Å². The second-order valence-electron chi connectivity index (χ2n) is 4.34. The number of ketones is 1. The van der Waals surface area contributed by atoms with E-state index in [4.69, 9.17) is 0 Å². The van der Waals surface area contributed by atoms with Crippen LogP contribution in [0.25, 0.3) is 11.6 Å². The lowest BCUT2D eigenvalue weighted by molar-refractivity contribution is 0.105. The van der Waals surface area contributed by atoms with Gasteiger partial charge in [0.05, 0.1) is 0 Å². The van der Waals surface area contributed by atoms with Gasteiger partial charge in [-0.15, -0.1) is 12.4 Å². The minimum absolute atomic E-state index is 0. The summed E-state index contributed by atoms with van der Waals surface area (Å²) in [5.74, 6) is 0.129. The lowest BCUT2D eigenvalue weighted by atomic mass is 10.0. The summed E-state index contributed by atoms with van der Waals surface area (Å²) in [7, 11) is 0. The van der Waals surface area contributed by atoms with Crippen LogP contribution in [0.1, 0.15) is 27.0 Å². The molecule has 18 heavy (non-hydrogen) atoms. The topological polar surface area (TPSA) is 17.1 Å². The number of halogens is 1. The van der Waals surface area contributed by atoms with Gasteiger partial charge < -0.3 is 0 Å². The van der Waals surface area contributed by atoms with Crippen LogP contribution < -0.4 is 0 Å². The van der Waals surface area contributed by atoms with E-state index < -0.39 is 0 Å². The molecule has 0 radical (unpaired) electrons. The van der Waals surface area contributed by atoms with Crippen molar-refractivity contribution in [3.8, 4) is 0 Å². The fourth-order valence-electron chi connectivity index (χ4n) is 2.14. The summed E-state index contributed by atoms with van der Waals surface area (Å²) in [6.07, 6.45) is 1.97. The molecule has 90 valence electrons. The third kappa shape index (κ3) is 1.98. The standard InChI is InChI=1S/C16H12O.ClH/c1-11-6-8-12(9-7-11)15-10-13-4-2-3-5-14(13)16(15)17;/h2-10H,1H3;1H. The Morgan fingerprint density at radius 2 is 1.56 bits per heavy atom. The molecule has 0 unspecified atom stereocenters. The number of rotatable bonds is 1. The van der Waals surface area contributed by atoms with Crippen LogP contribution >= 0.6 is 12.4 Å². The molecule has 1 aliphatic carbocycles. The van der Waals surface area contributed by atoms with E-state index in [1.54, 1.807) is 0 Å². The van der Waals surface area contributed by atoms with E-state index in [0.717, 1.165) is 22.3 Å². The van der Waals surface area contributed by atoms with Crippen molar-refractivity contribution in [3.05, 3.63) is 70.8 Å². The molecular weight excluding hydrogens is 244 g/mol. The van der Waals surface area contributed by atoms with Crippen LogP contribution in [0, 0.1) is 6.92 Å². The molecule has 0 aliphatic heterocycles. The molecule has 0 N–H and O–H groups in total. The molecule has 2 aromatic rings. The first-order chi connectivity index (χ1) is 8.25. The van der Waals surface area contributed by atoms with E-state index in [-0.39, 0.29) is 18.2 Å². The Kier molecular flexibility index (Phi) is 3.35. The number of hydrogen-bond donors (Lipinski definition) is 0. The molecule has 2 aromatic carbocycles. The van der Waals surface area contributed by atoms with E-state index in [1.807, 2.05) is 61.5 Å². The number of fused-ring (bicyclic) bond motifs is 1. The zero-order valence-corrected chi connectivity index (χ0v) is 10.8. The monoisotopic (exact) mass is 256 g/mol. The molecule has 0 amide bonds. The van der Waals surface area contributed by atoms with Crippen molar-refractivity contribution in [3.63, 3.8) is 0 Å². The molecular formula is C16H13ClO. The normalized spacial score (nSPS) is 12.7. The van der Waals surface area contributed by atoms with Crippen LogP contribution in [-0.2, 0) is 0 Å². The molecule has 0 saturated heterocycles. The molecule has 0 aromatic heterocycles. The number of aryl methyl sites for hydroxylation is 1.